The van der Waals surface area contributed by atoms with Crippen LogP contribution in [-0.4, -0.2) is 6.54 Å². The zero-order valence-electron chi connectivity index (χ0n) is 12.5. The minimum Gasteiger partial charge on any atom is -0.330 e. The molecule has 3 rings (SSSR count). The normalized spacial score (nSPS) is 18.2. The molecule has 2 N–H and O–H groups in total. The van der Waals surface area contributed by atoms with E-state index in [1.165, 1.54) is 71.5 Å². The smallest absolute Gasteiger partial charge is 0.0487 e. The molecule has 0 bridgehead atoms. The van der Waals surface area contributed by atoms with Gasteiger partial charge >= 0.3 is 0 Å². The predicted octanol–water partition coefficient (Wildman–Crippen LogP) is 5.90. The molecule has 0 atom stereocenters. The second-order valence-corrected chi connectivity index (χ2v) is 8.21. The van der Waals surface area contributed by atoms with Crippen molar-refractivity contribution in [2.75, 3.05) is 6.54 Å². The van der Waals surface area contributed by atoms with Gasteiger partial charge in [0.15, 0.2) is 0 Å². The fraction of sp³-hybridized carbons (Fsp3) is 0.556. The molecule has 1 saturated carbocycles. The van der Waals surface area contributed by atoms with Crippen molar-refractivity contribution >= 4 is 37.4 Å². The summed E-state index contributed by atoms with van der Waals surface area (Å²) in [5.41, 5.74) is 7.95. The van der Waals surface area contributed by atoms with E-state index in [9.17, 15) is 0 Å². The Kier molecular flexibility index (Phi) is 5.03. The Hall–Kier alpha value is -0.380. The first-order valence-electron chi connectivity index (χ1n) is 8.09. The first-order valence-corrected chi connectivity index (χ1v) is 9.76. The van der Waals surface area contributed by atoms with Crippen molar-refractivity contribution in [3.05, 3.63) is 33.6 Å². The highest BCUT2D eigenvalue weighted by Gasteiger charge is 2.30. The molecule has 0 amide bonds. The van der Waals surface area contributed by atoms with Gasteiger partial charge in [-0.25, -0.2) is 0 Å². The van der Waals surface area contributed by atoms with Crippen LogP contribution in [0.4, 0.5) is 0 Å². The molecular formula is C18H24BrNS. The summed E-state index contributed by atoms with van der Waals surface area (Å²) in [4.78, 5) is 0. The minimum atomic E-state index is 0.521. The third-order valence-electron chi connectivity index (χ3n) is 5.15. The Morgan fingerprint density at radius 2 is 1.95 bits per heavy atom. The van der Waals surface area contributed by atoms with Gasteiger partial charge in [0.05, 0.1) is 0 Å². The maximum atomic E-state index is 5.90. The van der Waals surface area contributed by atoms with Crippen LogP contribution in [0.1, 0.15) is 50.5 Å². The number of benzene rings is 1. The Morgan fingerprint density at radius 3 is 2.71 bits per heavy atom. The second kappa shape index (κ2) is 6.80. The number of fused-ring (bicyclic) bond motifs is 1. The molecule has 1 aromatic heterocycles. The highest BCUT2D eigenvalue weighted by atomic mass is 79.9. The van der Waals surface area contributed by atoms with E-state index in [2.05, 4.69) is 39.5 Å². The van der Waals surface area contributed by atoms with Crippen molar-refractivity contribution in [2.24, 2.45) is 11.1 Å². The number of aryl methyl sites for hydroxylation is 1. The molecule has 0 radical (unpaired) electrons. The summed E-state index contributed by atoms with van der Waals surface area (Å²) < 4.78 is 2.62. The molecule has 1 aromatic carbocycles. The lowest BCUT2D eigenvalue weighted by atomic mass is 9.68. The topological polar surface area (TPSA) is 26.0 Å². The van der Waals surface area contributed by atoms with Crippen molar-refractivity contribution in [2.45, 2.75) is 51.4 Å². The van der Waals surface area contributed by atoms with Gasteiger partial charge in [-0.1, -0.05) is 31.4 Å². The van der Waals surface area contributed by atoms with Crippen molar-refractivity contribution in [3.63, 3.8) is 0 Å². The van der Waals surface area contributed by atoms with Crippen LogP contribution in [0.2, 0.25) is 0 Å². The largest absolute Gasteiger partial charge is 0.330 e. The van der Waals surface area contributed by atoms with E-state index in [1.54, 1.807) is 0 Å². The van der Waals surface area contributed by atoms with Crippen LogP contribution in [0.25, 0.3) is 10.1 Å². The molecule has 1 aliphatic carbocycles. The van der Waals surface area contributed by atoms with E-state index in [0.29, 0.717) is 5.41 Å². The summed E-state index contributed by atoms with van der Waals surface area (Å²) in [5.74, 6) is 0. The molecule has 1 aliphatic rings. The van der Waals surface area contributed by atoms with Crippen LogP contribution in [0.3, 0.4) is 0 Å². The van der Waals surface area contributed by atoms with E-state index < -0.39 is 0 Å². The third kappa shape index (κ3) is 3.35. The number of hydrogen-bond acceptors (Lipinski definition) is 2. The van der Waals surface area contributed by atoms with Gasteiger partial charge in [-0.2, -0.15) is 0 Å². The lowest BCUT2D eigenvalue weighted by molar-refractivity contribution is 0.161. The molecule has 1 nitrogen and oxygen atoms in total. The Morgan fingerprint density at radius 1 is 1.14 bits per heavy atom. The molecule has 21 heavy (non-hydrogen) atoms. The lowest BCUT2D eigenvalue weighted by Gasteiger charge is -2.37. The summed E-state index contributed by atoms with van der Waals surface area (Å²) >= 11 is 5.54. The van der Waals surface area contributed by atoms with E-state index in [1.807, 2.05) is 11.3 Å². The molecule has 0 spiro atoms. The average molecular weight is 366 g/mol. The summed E-state index contributed by atoms with van der Waals surface area (Å²) in [5, 5.41) is 3.79. The Balaban J connectivity index is 1.77. The van der Waals surface area contributed by atoms with Crippen LogP contribution in [-0.2, 0) is 6.42 Å². The van der Waals surface area contributed by atoms with Gasteiger partial charge in [-0.05, 0) is 82.4 Å². The second-order valence-electron chi connectivity index (χ2n) is 6.48. The number of thiophene rings is 1. The first kappa shape index (κ1) is 15.5. The van der Waals surface area contributed by atoms with Crippen LogP contribution >= 0.6 is 27.3 Å². The molecule has 1 fully saturated rings. The maximum absolute atomic E-state index is 5.90. The number of hydrogen-bond donors (Lipinski definition) is 1. The highest BCUT2D eigenvalue weighted by molar-refractivity contribution is 9.10. The lowest BCUT2D eigenvalue weighted by Crippen LogP contribution is -2.27. The molecule has 0 saturated heterocycles. The number of rotatable bonds is 5. The van der Waals surface area contributed by atoms with Gasteiger partial charge in [0, 0.05) is 9.17 Å². The highest BCUT2D eigenvalue weighted by Crippen LogP contribution is 2.43. The first-order chi connectivity index (χ1) is 10.2. The third-order valence-corrected chi connectivity index (χ3v) is 7.15. The van der Waals surface area contributed by atoms with Crippen molar-refractivity contribution in [1.29, 1.82) is 0 Å². The summed E-state index contributed by atoms with van der Waals surface area (Å²) in [6.07, 6.45) is 10.7. The summed E-state index contributed by atoms with van der Waals surface area (Å²) in [6.45, 7) is 0.843. The zero-order chi connectivity index (χ0) is 14.7. The van der Waals surface area contributed by atoms with Gasteiger partial charge in [0.1, 0.15) is 0 Å². The van der Waals surface area contributed by atoms with Crippen LogP contribution < -0.4 is 5.73 Å². The van der Waals surface area contributed by atoms with E-state index >= 15 is 0 Å². The van der Waals surface area contributed by atoms with Crippen molar-refractivity contribution in [3.8, 4) is 0 Å². The quantitative estimate of drug-likeness (QED) is 0.701. The van der Waals surface area contributed by atoms with E-state index in [0.717, 1.165) is 6.54 Å². The Bertz CT molecular complexity index is 593. The van der Waals surface area contributed by atoms with Crippen LogP contribution in [0.15, 0.2) is 28.1 Å². The zero-order valence-corrected chi connectivity index (χ0v) is 14.9. The number of halogens is 1. The van der Waals surface area contributed by atoms with E-state index in [4.69, 9.17) is 5.73 Å². The summed E-state index contributed by atoms with van der Waals surface area (Å²) in [7, 11) is 0. The molecule has 114 valence electrons. The average Bonchev–Trinajstić information content (AvgIpc) is 2.91. The van der Waals surface area contributed by atoms with Gasteiger partial charge in [0.2, 0.25) is 0 Å². The standard InChI is InChI=1S/C18H24BrNS/c19-16-6-4-5-15-14(13-21-17(15)16)7-10-18(11-12-20)8-2-1-3-9-18/h4-6,13H,1-3,7-12,20H2. The molecule has 1 heterocycles. The van der Waals surface area contributed by atoms with Gasteiger partial charge in [-0.3, -0.25) is 0 Å². The van der Waals surface area contributed by atoms with Crippen molar-refractivity contribution < 1.29 is 0 Å². The van der Waals surface area contributed by atoms with Crippen LogP contribution in [0, 0.1) is 5.41 Å². The summed E-state index contributed by atoms with van der Waals surface area (Å²) in [6, 6.07) is 6.56. The SMILES string of the molecule is NCCC1(CCc2csc3c(Br)cccc23)CCCCC1. The fourth-order valence-electron chi connectivity index (χ4n) is 3.90. The fourth-order valence-corrected chi connectivity index (χ4v) is 5.56. The Labute approximate surface area is 140 Å². The van der Waals surface area contributed by atoms with Crippen molar-refractivity contribution in [1.82, 2.24) is 0 Å². The molecule has 0 unspecified atom stereocenters. The molecule has 3 heteroatoms. The van der Waals surface area contributed by atoms with E-state index in [-0.39, 0.29) is 0 Å². The van der Waals surface area contributed by atoms with Gasteiger partial charge in [0.25, 0.3) is 0 Å². The van der Waals surface area contributed by atoms with Gasteiger partial charge < -0.3 is 5.73 Å². The van der Waals surface area contributed by atoms with Gasteiger partial charge in [-0.15, -0.1) is 11.3 Å². The monoisotopic (exact) mass is 365 g/mol. The molecular weight excluding hydrogens is 342 g/mol. The maximum Gasteiger partial charge on any atom is 0.0487 e. The number of nitrogens with two attached hydrogens (primary N) is 1. The van der Waals surface area contributed by atoms with Crippen LogP contribution in [0.5, 0.6) is 0 Å². The molecule has 2 aromatic rings. The predicted molar refractivity (Wildman–Crippen MR) is 97.0 cm³/mol. The molecule has 0 aliphatic heterocycles. The minimum absolute atomic E-state index is 0.521.